The SMILES string of the molecule is CC.CNc1nc(/C=C(\N)c2ccc(C(=C/N)/C=N/PI)cc2OO)c(N)n1C1CC(C)(C)NC(C)(C)C1. The molecule has 0 aliphatic carbocycles. The summed E-state index contributed by atoms with van der Waals surface area (Å²) in [7, 11) is 1.83. The van der Waals surface area contributed by atoms with E-state index in [4.69, 9.17) is 22.2 Å². The van der Waals surface area contributed by atoms with Gasteiger partial charge in [0.15, 0.2) is 5.75 Å². The minimum atomic E-state index is -0.0586. The van der Waals surface area contributed by atoms with Gasteiger partial charge in [-0.25, -0.2) is 10.2 Å². The van der Waals surface area contributed by atoms with Crippen molar-refractivity contribution in [3.8, 4) is 5.75 Å². The van der Waals surface area contributed by atoms with Gasteiger partial charge in [0.05, 0.1) is 6.37 Å². The number of aromatic nitrogens is 2. The van der Waals surface area contributed by atoms with E-state index in [1.807, 2.05) is 27.0 Å². The molecule has 0 bridgehead atoms. The zero-order chi connectivity index (χ0) is 28.7. The molecular formula is C26H42IN8O2P. The van der Waals surface area contributed by atoms with Gasteiger partial charge >= 0.3 is 0 Å². The number of nitrogens with zero attached hydrogens (tertiary/aromatic N) is 3. The van der Waals surface area contributed by atoms with Crippen molar-refractivity contribution < 1.29 is 10.1 Å². The Morgan fingerprint density at radius 3 is 2.45 bits per heavy atom. The van der Waals surface area contributed by atoms with Crippen LogP contribution in [0.2, 0.25) is 0 Å². The minimum absolute atomic E-state index is 0.0586. The summed E-state index contributed by atoms with van der Waals surface area (Å²) >= 11 is 2.17. The summed E-state index contributed by atoms with van der Waals surface area (Å²) in [4.78, 5) is 9.37. The fourth-order valence-electron chi connectivity index (χ4n) is 5.11. The minimum Gasteiger partial charge on any atom is -0.404 e. The standard InChI is InChI=1S/C24H36IN8O2P.C2H6/c1-23(2)10-16(11-24(3,4)32-23)33-21(28)19(31-22(33)29-5)9-18(27)17-7-6-14(8-20(17)35-34)15(12-26)13-30-36-25;1-2/h6-9,12-13,16,32,34,36H,10-11,26-28H2,1-5H3,(H,29,31);1-2H3/b15-12+,18-9-,30-13+;. The molecule has 0 spiro atoms. The zero-order valence-electron chi connectivity index (χ0n) is 23.3. The van der Waals surface area contributed by atoms with E-state index in [0.29, 0.717) is 40.7 Å². The van der Waals surface area contributed by atoms with Crippen LogP contribution in [0, 0.1) is 0 Å². The Morgan fingerprint density at radius 2 is 1.92 bits per heavy atom. The molecule has 1 fully saturated rings. The van der Waals surface area contributed by atoms with E-state index in [2.05, 4.69) is 74.6 Å². The molecule has 0 radical (unpaired) electrons. The first-order valence-corrected chi connectivity index (χ1v) is 16.6. The van der Waals surface area contributed by atoms with Crippen LogP contribution in [0.5, 0.6) is 5.75 Å². The smallest absolute Gasteiger partial charge is 0.205 e. The Morgan fingerprint density at radius 1 is 1.29 bits per heavy atom. The highest BCUT2D eigenvalue weighted by molar-refractivity contribution is 14.2. The molecule has 38 heavy (non-hydrogen) atoms. The second-order valence-electron chi connectivity index (χ2n) is 10.1. The lowest BCUT2D eigenvalue weighted by Crippen LogP contribution is -2.58. The largest absolute Gasteiger partial charge is 0.404 e. The van der Waals surface area contributed by atoms with Gasteiger partial charge < -0.3 is 32.7 Å². The third kappa shape index (κ3) is 7.62. The summed E-state index contributed by atoms with van der Waals surface area (Å²) in [6, 6.07) is 5.38. The lowest BCUT2D eigenvalue weighted by atomic mass is 9.79. The van der Waals surface area contributed by atoms with E-state index < -0.39 is 0 Å². The molecule has 9 N–H and O–H groups in total. The number of nitrogens with two attached hydrogens (primary N) is 3. The maximum absolute atomic E-state index is 9.57. The van der Waals surface area contributed by atoms with Crippen molar-refractivity contribution in [2.75, 3.05) is 18.1 Å². The Balaban J connectivity index is 0.00000247. The number of nitrogens with one attached hydrogen (secondary N) is 2. The van der Waals surface area contributed by atoms with Gasteiger partial charge in [0.1, 0.15) is 11.5 Å². The van der Waals surface area contributed by atoms with Crippen molar-refractivity contribution in [3.63, 3.8) is 0 Å². The molecule has 3 rings (SSSR count). The maximum Gasteiger partial charge on any atom is 0.205 e. The molecule has 1 unspecified atom stereocenters. The third-order valence-corrected chi connectivity index (χ3v) is 7.24. The van der Waals surface area contributed by atoms with Gasteiger partial charge in [0, 0.05) is 53.4 Å². The summed E-state index contributed by atoms with van der Waals surface area (Å²) in [5, 5.41) is 16.4. The molecule has 2 aromatic rings. The molecule has 1 aliphatic rings. The van der Waals surface area contributed by atoms with Crippen molar-refractivity contribution in [2.45, 2.75) is 71.5 Å². The van der Waals surface area contributed by atoms with Crippen LogP contribution < -0.4 is 32.7 Å². The lowest BCUT2D eigenvalue weighted by molar-refractivity contribution is -0.137. The summed E-state index contributed by atoms with van der Waals surface area (Å²) in [6.07, 6.45) is 6.98. The van der Waals surface area contributed by atoms with Crippen molar-refractivity contribution in [2.24, 2.45) is 16.2 Å². The molecule has 210 valence electrons. The molecule has 1 aromatic heterocycles. The van der Waals surface area contributed by atoms with Crippen LogP contribution >= 0.6 is 28.4 Å². The van der Waals surface area contributed by atoms with Crippen molar-refractivity contribution >= 4 is 63.7 Å². The van der Waals surface area contributed by atoms with Crippen LogP contribution in [-0.2, 0) is 0 Å². The summed E-state index contributed by atoms with van der Waals surface area (Å²) in [5.74, 6) is 1.37. The first-order chi connectivity index (χ1) is 17.9. The molecule has 12 heteroatoms. The van der Waals surface area contributed by atoms with Gasteiger partial charge in [0.25, 0.3) is 0 Å². The highest BCUT2D eigenvalue weighted by atomic mass is 127. The van der Waals surface area contributed by atoms with Gasteiger partial charge in [-0.3, -0.25) is 9.33 Å². The van der Waals surface area contributed by atoms with Crippen molar-refractivity contribution in [3.05, 3.63) is 41.2 Å². The molecule has 1 aromatic carbocycles. The average molecular weight is 657 g/mol. The number of hydrogen-bond donors (Lipinski definition) is 6. The number of nitrogen functional groups attached to an aromatic ring is 1. The van der Waals surface area contributed by atoms with Crippen LogP contribution in [-0.4, -0.2) is 39.1 Å². The Labute approximate surface area is 240 Å². The number of hydrogen-bond acceptors (Lipinski definition) is 9. The topological polar surface area (TPSA) is 162 Å². The van der Waals surface area contributed by atoms with Gasteiger partial charge in [-0.1, -0.05) is 19.9 Å². The molecule has 1 atom stereocenters. The molecule has 2 heterocycles. The molecule has 1 aliphatic heterocycles. The van der Waals surface area contributed by atoms with E-state index in [9.17, 15) is 5.26 Å². The van der Waals surface area contributed by atoms with Crippen molar-refractivity contribution in [1.82, 2.24) is 14.9 Å². The van der Waals surface area contributed by atoms with Crippen LogP contribution in [0.25, 0.3) is 17.3 Å². The first kappa shape index (κ1) is 31.9. The summed E-state index contributed by atoms with van der Waals surface area (Å²) in [5.41, 5.74) is 21.5. The number of imidazole rings is 1. The van der Waals surface area contributed by atoms with E-state index in [1.54, 1.807) is 24.4 Å². The quantitative estimate of drug-likeness (QED) is 0.0700. The summed E-state index contributed by atoms with van der Waals surface area (Å²) < 4.78 is 6.30. The predicted octanol–water partition coefficient (Wildman–Crippen LogP) is 5.64. The van der Waals surface area contributed by atoms with Crippen LogP contribution in [0.4, 0.5) is 11.8 Å². The van der Waals surface area contributed by atoms with Gasteiger partial charge in [-0.15, -0.1) is 0 Å². The Bertz CT molecular complexity index is 1170. The van der Waals surface area contributed by atoms with Crippen LogP contribution in [0.1, 0.15) is 77.2 Å². The number of rotatable bonds is 8. The Hall–Kier alpha value is -2.34. The van der Waals surface area contributed by atoms with Gasteiger partial charge in [0.2, 0.25) is 5.95 Å². The van der Waals surface area contributed by atoms with E-state index >= 15 is 0 Å². The average Bonchev–Trinajstić information content (AvgIpc) is 3.18. The van der Waals surface area contributed by atoms with Crippen molar-refractivity contribution in [1.29, 1.82) is 0 Å². The fraction of sp³-hybridized carbons (Fsp3) is 0.462. The molecule has 10 nitrogen and oxygen atoms in total. The number of piperidine rings is 1. The second-order valence-corrected chi connectivity index (χ2v) is 12.0. The maximum atomic E-state index is 9.57. The molecule has 0 saturated carbocycles. The van der Waals surface area contributed by atoms with Crippen LogP contribution in [0.15, 0.2) is 29.2 Å². The van der Waals surface area contributed by atoms with E-state index in [1.165, 1.54) is 6.20 Å². The summed E-state index contributed by atoms with van der Waals surface area (Å²) in [6.45, 7) is 12.8. The number of benzene rings is 1. The van der Waals surface area contributed by atoms with E-state index in [-0.39, 0.29) is 22.9 Å². The highest BCUT2D eigenvalue weighted by Gasteiger charge is 2.39. The normalized spacial score (nSPS) is 18.0. The van der Waals surface area contributed by atoms with Crippen LogP contribution in [0.3, 0.4) is 0 Å². The number of anilines is 2. The monoisotopic (exact) mass is 656 g/mol. The third-order valence-electron chi connectivity index (χ3n) is 6.18. The molecule has 1 saturated heterocycles. The molecular weight excluding hydrogens is 614 g/mol. The fourth-order valence-corrected chi connectivity index (χ4v) is 5.72. The van der Waals surface area contributed by atoms with Gasteiger partial charge in [-0.2, -0.15) is 0 Å². The number of halogens is 1. The Kier molecular flexibility index (Phi) is 11.4. The van der Waals surface area contributed by atoms with E-state index in [0.717, 1.165) is 18.4 Å². The zero-order valence-corrected chi connectivity index (χ0v) is 26.4. The highest BCUT2D eigenvalue weighted by Crippen LogP contribution is 2.40. The first-order valence-electron chi connectivity index (χ1n) is 12.5. The number of allylic oxidation sites excluding steroid dienone is 1. The van der Waals surface area contributed by atoms with Gasteiger partial charge in [-0.05, 0) is 86.3 Å². The predicted molar refractivity (Wildman–Crippen MR) is 172 cm³/mol. The lowest BCUT2D eigenvalue weighted by Gasteiger charge is -2.47. The second kappa shape index (κ2) is 13.6. The molecule has 0 amide bonds.